The van der Waals surface area contributed by atoms with Crippen LogP contribution in [0.4, 0.5) is 0 Å². The van der Waals surface area contributed by atoms with E-state index in [9.17, 15) is 0 Å². The molecule has 4 heteroatoms. The third-order valence-electron chi connectivity index (χ3n) is 8.72. The van der Waals surface area contributed by atoms with E-state index in [1.54, 1.807) is 0 Å². The first-order valence-electron chi connectivity index (χ1n) is 18.3. The van der Waals surface area contributed by atoms with E-state index in [1.807, 2.05) is 0 Å². The highest BCUT2D eigenvalue weighted by Crippen LogP contribution is 2.21. The van der Waals surface area contributed by atoms with Gasteiger partial charge >= 0.3 is 0 Å². The van der Waals surface area contributed by atoms with Gasteiger partial charge in [-0.05, 0) is 101 Å². The van der Waals surface area contributed by atoms with E-state index in [0.29, 0.717) is 13.2 Å². The standard InChI is InChI=1S/C40H68N2O2/c1-5-7-9-11-13-15-29-41(3)31-17-19-33-43-35-37-21-25-39(26-22-37)40-27-23-38(24-28-40)36-44-34-20-18-32-42(4)30-16-14-12-10-8-6-2/h21-28H,5-20,29-36H2,1-4H3. The molecular formula is C40H68N2O2. The van der Waals surface area contributed by atoms with E-state index in [0.717, 1.165) is 26.1 Å². The highest BCUT2D eigenvalue weighted by Gasteiger charge is 2.03. The predicted molar refractivity (Wildman–Crippen MR) is 191 cm³/mol. The lowest BCUT2D eigenvalue weighted by Gasteiger charge is -2.16. The Kier molecular flexibility index (Phi) is 23.2. The lowest BCUT2D eigenvalue weighted by Crippen LogP contribution is -2.21. The molecule has 0 amide bonds. The molecule has 0 saturated heterocycles. The number of benzene rings is 2. The van der Waals surface area contributed by atoms with E-state index in [-0.39, 0.29) is 0 Å². The predicted octanol–water partition coefficient (Wildman–Crippen LogP) is 10.5. The number of nitrogens with zero attached hydrogens (tertiary/aromatic N) is 2. The summed E-state index contributed by atoms with van der Waals surface area (Å²) in [5, 5.41) is 0. The fourth-order valence-electron chi connectivity index (χ4n) is 5.69. The van der Waals surface area contributed by atoms with Gasteiger partial charge in [-0.25, -0.2) is 0 Å². The molecule has 0 atom stereocenters. The fraction of sp³-hybridized carbons (Fsp3) is 0.700. The first-order valence-corrected chi connectivity index (χ1v) is 18.3. The van der Waals surface area contributed by atoms with Crippen molar-refractivity contribution in [3.8, 4) is 11.1 Å². The van der Waals surface area contributed by atoms with Crippen LogP contribution in [0.5, 0.6) is 0 Å². The second kappa shape index (κ2) is 26.5. The quantitative estimate of drug-likeness (QED) is 0.0858. The summed E-state index contributed by atoms with van der Waals surface area (Å²) < 4.78 is 11.9. The fourth-order valence-corrected chi connectivity index (χ4v) is 5.69. The summed E-state index contributed by atoms with van der Waals surface area (Å²) >= 11 is 0. The molecule has 0 aliphatic carbocycles. The minimum Gasteiger partial charge on any atom is -0.377 e. The van der Waals surface area contributed by atoms with Crippen LogP contribution in [0.15, 0.2) is 48.5 Å². The van der Waals surface area contributed by atoms with Gasteiger partial charge in [0, 0.05) is 13.2 Å². The number of hydrogen-bond acceptors (Lipinski definition) is 4. The van der Waals surface area contributed by atoms with E-state index in [4.69, 9.17) is 9.47 Å². The Bertz CT molecular complexity index is 823. The minimum atomic E-state index is 0.694. The zero-order valence-electron chi connectivity index (χ0n) is 29.3. The van der Waals surface area contributed by atoms with Crippen molar-refractivity contribution in [3.63, 3.8) is 0 Å². The van der Waals surface area contributed by atoms with Crippen molar-refractivity contribution >= 4 is 0 Å². The molecule has 4 nitrogen and oxygen atoms in total. The molecule has 0 saturated carbocycles. The van der Waals surface area contributed by atoms with Gasteiger partial charge in [-0.2, -0.15) is 0 Å². The van der Waals surface area contributed by atoms with Gasteiger partial charge in [0.25, 0.3) is 0 Å². The molecule has 44 heavy (non-hydrogen) atoms. The molecule has 0 N–H and O–H groups in total. The van der Waals surface area contributed by atoms with Crippen molar-refractivity contribution in [1.82, 2.24) is 9.80 Å². The zero-order valence-corrected chi connectivity index (χ0v) is 29.3. The summed E-state index contributed by atoms with van der Waals surface area (Å²) in [6.07, 6.45) is 21.2. The molecule has 0 aromatic heterocycles. The number of hydrogen-bond donors (Lipinski definition) is 0. The van der Waals surface area contributed by atoms with Crippen LogP contribution in [0, 0.1) is 0 Å². The molecule has 0 unspecified atom stereocenters. The van der Waals surface area contributed by atoms with Crippen LogP contribution in [-0.4, -0.2) is 63.3 Å². The Labute approximate surface area is 272 Å². The van der Waals surface area contributed by atoms with Crippen molar-refractivity contribution in [2.24, 2.45) is 0 Å². The van der Waals surface area contributed by atoms with Crippen LogP contribution in [0.25, 0.3) is 11.1 Å². The van der Waals surface area contributed by atoms with Crippen molar-refractivity contribution in [1.29, 1.82) is 0 Å². The second-order valence-electron chi connectivity index (χ2n) is 13.1. The summed E-state index contributed by atoms with van der Waals surface area (Å²) in [5.41, 5.74) is 4.99. The van der Waals surface area contributed by atoms with Crippen LogP contribution in [0.1, 0.15) is 128 Å². The third kappa shape index (κ3) is 19.6. The van der Waals surface area contributed by atoms with Crippen molar-refractivity contribution < 1.29 is 9.47 Å². The topological polar surface area (TPSA) is 24.9 Å². The van der Waals surface area contributed by atoms with Gasteiger partial charge in [0.15, 0.2) is 0 Å². The van der Waals surface area contributed by atoms with Crippen LogP contribution in [0.3, 0.4) is 0 Å². The van der Waals surface area contributed by atoms with Gasteiger partial charge in [-0.15, -0.1) is 0 Å². The Morgan fingerprint density at radius 1 is 0.409 bits per heavy atom. The van der Waals surface area contributed by atoms with Gasteiger partial charge < -0.3 is 19.3 Å². The summed E-state index contributed by atoms with van der Waals surface area (Å²) in [6.45, 7) is 12.4. The van der Waals surface area contributed by atoms with E-state index in [2.05, 4.69) is 86.3 Å². The normalized spacial score (nSPS) is 11.7. The highest BCUT2D eigenvalue weighted by atomic mass is 16.5. The van der Waals surface area contributed by atoms with Crippen molar-refractivity contribution in [2.45, 2.75) is 130 Å². The lowest BCUT2D eigenvalue weighted by molar-refractivity contribution is 0.115. The van der Waals surface area contributed by atoms with Crippen molar-refractivity contribution in [3.05, 3.63) is 59.7 Å². The average Bonchev–Trinajstić information content (AvgIpc) is 3.04. The molecule has 250 valence electrons. The molecule has 0 radical (unpaired) electrons. The van der Waals surface area contributed by atoms with Crippen LogP contribution in [-0.2, 0) is 22.7 Å². The molecule has 0 aliphatic heterocycles. The molecule has 0 heterocycles. The zero-order chi connectivity index (χ0) is 31.5. The molecular weight excluding hydrogens is 540 g/mol. The average molecular weight is 609 g/mol. The van der Waals surface area contributed by atoms with E-state index < -0.39 is 0 Å². The summed E-state index contributed by atoms with van der Waals surface area (Å²) in [4.78, 5) is 4.97. The van der Waals surface area contributed by atoms with Crippen molar-refractivity contribution in [2.75, 3.05) is 53.5 Å². The first-order chi connectivity index (χ1) is 21.6. The molecule has 0 fully saturated rings. The SMILES string of the molecule is CCCCCCCCN(C)CCCCOCc1ccc(-c2ccc(COCCCCN(C)CCCCCCCC)cc2)cc1. The highest BCUT2D eigenvalue weighted by molar-refractivity contribution is 5.63. The van der Waals surface area contributed by atoms with Crippen LogP contribution >= 0.6 is 0 Å². The number of rotatable bonds is 29. The summed E-state index contributed by atoms with van der Waals surface area (Å²) in [5.74, 6) is 0. The molecule has 0 spiro atoms. The van der Waals surface area contributed by atoms with Crippen LogP contribution < -0.4 is 0 Å². The second-order valence-corrected chi connectivity index (χ2v) is 13.1. The Hall–Kier alpha value is -1.72. The third-order valence-corrected chi connectivity index (χ3v) is 8.72. The minimum absolute atomic E-state index is 0.694. The largest absolute Gasteiger partial charge is 0.377 e. The maximum Gasteiger partial charge on any atom is 0.0716 e. The van der Waals surface area contributed by atoms with Gasteiger partial charge in [0.1, 0.15) is 0 Å². The molecule has 2 aromatic rings. The van der Waals surface area contributed by atoms with Gasteiger partial charge in [-0.1, -0.05) is 127 Å². The smallest absolute Gasteiger partial charge is 0.0716 e. The Balaban J connectivity index is 1.50. The Morgan fingerprint density at radius 3 is 1.09 bits per heavy atom. The molecule has 0 aliphatic rings. The van der Waals surface area contributed by atoms with E-state index in [1.165, 1.54) is 138 Å². The van der Waals surface area contributed by atoms with Gasteiger partial charge in [0.2, 0.25) is 0 Å². The monoisotopic (exact) mass is 609 g/mol. The van der Waals surface area contributed by atoms with Gasteiger partial charge in [-0.3, -0.25) is 0 Å². The van der Waals surface area contributed by atoms with Gasteiger partial charge in [0.05, 0.1) is 13.2 Å². The maximum atomic E-state index is 5.97. The van der Waals surface area contributed by atoms with Crippen LogP contribution in [0.2, 0.25) is 0 Å². The summed E-state index contributed by atoms with van der Waals surface area (Å²) in [7, 11) is 4.52. The Morgan fingerprint density at radius 2 is 0.727 bits per heavy atom. The molecule has 0 bridgehead atoms. The van der Waals surface area contributed by atoms with E-state index >= 15 is 0 Å². The number of unbranched alkanes of at least 4 members (excludes halogenated alkanes) is 12. The lowest BCUT2D eigenvalue weighted by atomic mass is 10.0. The number of ether oxygens (including phenoxy) is 2. The first kappa shape index (κ1) is 38.5. The maximum absolute atomic E-state index is 5.97. The molecule has 2 aromatic carbocycles. The summed E-state index contributed by atoms with van der Waals surface area (Å²) in [6, 6.07) is 17.7. The molecule has 2 rings (SSSR count).